The summed E-state index contributed by atoms with van der Waals surface area (Å²) in [6, 6.07) is 0. The van der Waals surface area contributed by atoms with Crippen LogP contribution in [-0.2, 0) is 19.1 Å². The first-order chi connectivity index (χ1) is 10.9. The lowest BCUT2D eigenvalue weighted by molar-refractivity contribution is -0.161. The summed E-state index contributed by atoms with van der Waals surface area (Å²) < 4.78 is 16.6. The maximum atomic E-state index is 10.9. The van der Waals surface area contributed by atoms with E-state index >= 15 is 0 Å². The fraction of sp³-hybridized carbons (Fsp3) is 0.688. The van der Waals surface area contributed by atoms with E-state index in [9.17, 15) is 14.4 Å². The second-order valence-corrected chi connectivity index (χ2v) is 4.90. The number of rotatable bonds is 3. The Morgan fingerprint density at radius 1 is 1.05 bits per heavy atom. The number of carbonyl (C=O) groups excluding carboxylic acids is 2. The minimum Gasteiger partial charge on any atom is -0.481 e. The van der Waals surface area contributed by atoms with E-state index in [0.717, 1.165) is 38.5 Å². The lowest BCUT2D eigenvalue weighted by Crippen LogP contribution is -2.14. The number of esters is 2. The first-order valence-corrected chi connectivity index (χ1v) is 7.06. The van der Waals surface area contributed by atoms with Crippen molar-refractivity contribution >= 4 is 17.9 Å². The van der Waals surface area contributed by atoms with Gasteiger partial charge in [-0.05, 0) is 38.5 Å². The van der Waals surface area contributed by atoms with Gasteiger partial charge in [-0.25, -0.2) is 0 Å². The third kappa shape index (κ3) is 8.85. The molecule has 0 saturated heterocycles. The summed E-state index contributed by atoms with van der Waals surface area (Å²) in [5.74, 6) is -1.14. The van der Waals surface area contributed by atoms with E-state index in [1.807, 2.05) is 0 Å². The first kappa shape index (κ1) is 15.6. The molecule has 3 rings (SSSR count). The molecule has 1 N–H and O–H groups in total. The number of aliphatic carboxylic acids is 1. The molecule has 0 atom stereocenters. The largest absolute Gasteiger partial charge is 0.481 e. The Morgan fingerprint density at radius 3 is 1.48 bits per heavy atom. The summed E-state index contributed by atoms with van der Waals surface area (Å²) in [5.41, 5.74) is 0. The van der Waals surface area contributed by atoms with Gasteiger partial charge in [0.1, 0.15) is 1.37 Å². The summed E-state index contributed by atoms with van der Waals surface area (Å²) in [6.45, 7) is 2.29. The Kier molecular flexibility index (Phi) is 7.39. The van der Waals surface area contributed by atoms with Gasteiger partial charge in [-0.1, -0.05) is 13.8 Å². The van der Waals surface area contributed by atoms with Crippen LogP contribution in [0.1, 0.15) is 55.1 Å². The van der Waals surface area contributed by atoms with Crippen molar-refractivity contribution < 1.29 is 27.0 Å². The molecule has 5 nitrogen and oxygen atoms in total. The van der Waals surface area contributed by atoms with Crippen LogP contribution in [0.4, 0.5) is 0 Å². The highest BCUT2D eigenvalue weighted by atomic mass is 16.6. The maximum Gasteiger partial charge on any atom is 0.316 e. The van der Waals surface area contributed by atoms with Gasteiger partial charge in [-0.2, -0.15) is 0 Å². The van der Waals surface area contributed by atoms with Crippen LogP contribution in [0.25, 0.3) is 0 Å². The monoisotopic (exact) mass is 298 g/mol. The zero-order valence-corrected chi connectivity index (χ0v) is 12.3. The number of carbonyl (C=O) groups is 3. The second kappa shape index (κ2) is 9.98. The highest BCUT2D eigenvalue weighted by Crippen LogP contribution is 2.33. The zero-order chi connectivity index (χ0) is 17.8. The van der Waals surface area contributed by atoms with Gasteiger partial charge in [-0.3, -0.25) is 14.4 Å². The minimum atomic E-state index is -0.630. The summed E-state index contributed by atoms with van der Waals surface area (Å²) in [6.07, 6.45) is 11.2. The molecule has 118 valence electrons. The molecule has 0 aromatic carbocycles. The van der Waals surface area contributed by atoms with Crippen molar-refractivity contribution in [2.75, 3.05) is 0 Å². The molecule has 0 radical (unpaired) electrons. The van der Waals surface area contributed by atoms with Crippen molar-refractivity contribution in [1.82, 2.24) is 0 Å². The number of carboxylic acid groups (broad SMARTS) is 1. The lowest BCUT2D eigenvalue weighted by atomic mass is 10.4. The predicted molar refractivity (Wildman–Crippen MR) is 78.1 cm³/mol. The van der Waals surface area contributed by atoms with E-state index in [4.69, 9.17) is 7.85 Å². The molecule has 3 aliphatic rings. The fourth-order valence-corrected chi connectivity index (χ4v) is 1.23. The van der Waals surface area contributed by atoms with Crippen molar-refractivity contribution in [3.63, 3.8) is 0 Å². The predicted octanol–water partition coefficient (Wildman–Crippen LogP) is 2.63. The van der Waals surface area contributed by atoms with Gasteiger partial charge in [0.2, 0.25) is 0 Å². The van der Waals surface area contributed by atoms with E-state index in [1.54, 1.807) is 6.92 Å². The van der Waals surface area contributed by atoms with Crippen LogP contribution in [0, 0.1) is 30.6 Å². The lowest BCUT2D eigenvalue weighted by Gasteiger charge is -1.98. The van der Waals surface area contributed by atoms with Crippen LogP contribution < -0.4 is 0 Å². The average Bonchev–Trinajstić information content (AvgIpc) is 3.33. The smallest absolute Gasteiger partial charge is 0.316 e. The van der Waals surface area contributed by atoms with Gasteiger partial charge in [0.15, 0.2) is 0 Å². The molecule has 21 heavy (non-hydrogen) atoms. The number of carboxylic acids is 1. The summed E-state index contributed by atoms with van der Waals surface area (Å²) in [7, 11) is 0. The third-order valence-corrected chi connectivity index (χ3v) is 2.95. The van der Waals surface area contributed by atoms with Gasteiger partial charge < -0.3 is 9.84 Å². The van der Waals surface area contributed by atoms with Gasteiger partial charge >= 0.3 is 17.9 Å². The van der Waals surface area contributed by atoms with Crippen molar-refractivity contribution in [2.24, 2.45) is 17.8 Å². The highest BCUT2D eigenvalue weighted by Gasteiger charge is 2.37. The molecule has 0 bridgehead atoms. The Bertz CT molecular complexity index is 410. The quantitative estimate of drug-likeness (QED) is 0.492. The topological polar surface area (TPSA) is 80.7 Å². The van der Waals surface area contributed by atoms with Gasteiger partial charge in [0.05, 0.1) is 17.8 Å². The Balaban J connectivity index is 0.000000342. The van der Waals surface area contributed by atoms with E-state index < -0.39 is 5.97 Å². The normalized spacial score (nSPS) is 19.2. The van der Waals surface area contributed by atoms with Crippen LogP contribution in [-0.4, -0.2) is 23.0 Å². The molecular formula is C16H24O5. The van der Waals surface area contributed by atoms with Crippen LogP contribution in [0.15, 0.2) is 0 Å². The second-order valence-electron chi connectivity index (χ2n) is 4.90. The first-order valence-electron chi connectivity index (χ1n) is 8.26. The molecular weight excluding hydrogens is 272 g/mol. The molecule has 3 aliphatic carbocycles. The maximum absolute atomic E-state index is 10.9. The van der Waals surface area contributed by atoms with E-state index in [-0.39, 0.29) is 29.7 Å². The molecule has 0 aromatic rings. The molecule has 0 aromatic heterocycles. The van der Waals surface area contributed by atoms with Crippen LogP contribution >= 0.6 is 0 Å². The molecule has 3 saturated carbocycles. The van der Waals surface area contributed by atoms with Crippen LogP contribution in [0.3, 0.4) is 0 Å². The summed E-state index contributed by atoms with van der Waals surface area (Å²) in [4.78, 5) is 31.6. The Hall–Kier alpha value is -1.83. The van der Waals surface area contributed by atoms with Gasteiger partial charge in [0, 0.05) is 1.37 Å². The number of terminal acetylenes is 1. The van der Waals surface area contributed by atoms with Crippen LogP contribution in [0.2, 0.25) is 0 Å². The molecule has 0 aliphatic heterocycles. The molecule has 3 fully saturated rings. The zero-order valence-electron chi connectivity index (χ0n) is 14.3. The van der Waals surface area contributed by atoms with Crippen LogP contribution in [0.5, 0.6) is 0 Å². The molecule has 0 heterocycles. The van der Waals surface area contributed by atoms with E-state index in [2.05, 4.69) is 11.2 Å². The van der Waals surface area contributed by atoms with E-state index in [0.29, 0.717) is 6.90 Å². The third-order valence-electron chi connectivity index (χ3n) is 2.95. The standard InChI is InChI=1S/C8H10O3.C4H6O2.C2H6.C2H2/c9-7(5-1-2-5)11-8(10)6-3-4-6;5-4(6)3-1-2-3;2*1-2/h5-6H,1-4H2;3H,1-2H2,(H,5,6);1-2H3;1-2H/i;;2*1D. The summed E-state index contributed by atoms with van der Waals surface area (Å²) in [5, 5.41) is 8.05. The van der Waals surface area contributed by atoms with Crippen molar-refractivity contribution in [3.05, 3.63) is 0 Å². The van der Waals surface area contributed by atoms with Gasteiger partial charge in [-0.15, -0.1) is 12.8 Å². The molecule has 5 heteroatoms. The summed E-state index contributed by atoms with van der Waals surface area (Å²) >= 11 is 0. The fourth-order valence-electron chi connectivity index (χ4n) is 1.23. The molecule has 0 spiro atoms. The molecule has 0 amide bonds. The van der Waals surface area contributed by atoms with Gasteiger partial charge in [0.25, 0.3) is 0 Å². The molecule has 0 unspecified atom stereocenters. The van der Waals surface area contributed by atoms with Crippen molar-refractivity contribution in [1.29, 1.82) is 0 Å². The highest BCUT2D eigenvalue weighted by molar-refractivity contribution is 5.89. The SMILES string of the molecule is O=C(O)C1CC1.O=C(OC(=O)C1CC1)C1CC1.[2H]C#C.[2H]CC. The number of hydrogen-bond donors (Lipinski definition) is 1. The van der Waals surface area contributed by atoms with E-state index in [1.165, 1.54) is 6.40 Å². The van der Waals surface area contributed by atoms with Crippen molar-refractivity contribution in [3.8, 4) is 12.8 Å². The average molecular weight is 298 g/mol. The Labute approximate surface area is 128 Å². The number of ether oxygens (including phenoxy) is 1. The number of hydrogen-bond acceptors (Lipinski definition) is 4. The van der Waals surface area contributed by atoms with Crippen molar-refractivity contribution in [2.45, 2.75) is 52.3 Å². The minimum absolute atomic E-state index is 0.0185. The Morgan fingerprint density at radius 2 is 1.33 bits per heavy atom.